The van der Waals surface area contributed by atoms with Gasteiger partial charge in [0, 0.05) is 7.11 Å². The molecule has 0 aromatic carbocycles. The third kappa shape index (κ3) is 10.2. The molecule has 0 spiro atoms. The molecule has 6 heteroatoms. The minimum atomic E-state index is -2.24. The van der Waals surface area contributed by atoms with Crippen molar-refractivity contribution >= 4 is 8.60 Å². The van der Waals surface area contributed by atoms with Crippen LogP contribution < -0.4 is 0 Å². The summed E-state index contributed by atoms with van der Waals surface area (Å²) in [4.78, 5) is 16.5. The smallest absolute Gasteiger partial charge is 0.327 e. The Balaban J connectivity index is 2.80. The van der Waals surface area contributed by atoms with Gasteiger partial charge in [-0.15, -0.1) is 0 Å². The quantitative estimate of drug-likeness (QED) is 0.426. The van der Waals surface area contributed by atoms with Gasteiger partial charge in [0.05, 0.1) is 26.4 Å². The van der Waals surface area contributed by atoms with Gasteiger partial charge >= 0.3 is 8.60 Å². The lowest BCUT2D eigenvalue weighted by atomic mass is 10.7. The molecule has 0 rings (SSSR count). The second-order valence-electron chi connectivity index (χ2n) is 1.69. The van der Waals surface area contributed by atoms with Gasteiger partial charge in [-0.1, -0.05) is 0 Å². The summed E-state index contributed by atoms with van der Waals surface area (Å²) in [6, 6.07) is 0. The van der Waals surface area contributed by atoms with E-state index in [1.54, 1.807) is 7.11 Å². The third-order valence-electron chi connectivity index (χ3n) is 0.866. The predicted octanol–water partition coefficient (Wildman–Crippen LogP) is -0.122. The largest absolute Gasteiger partial charge is 0.382 e. The summed E-state index contributed by atoms with van der Waals surface area (Å²) in [5.41, 5.74) is 0. The summed E-state index contributed by atoms with van der Waals surface area (Å²) < 4.78 is 14.1. The van der Waals surface area contributed by atoms with Crippen molar-refractivity contribution in [2.75, 3.05) is 33.5 Å². The highest BCUT2D eigenvalue weighted by molar-refractivity contribution is 7.39. The van der Waals surface area contributed by atoms with E-state index in [0.717, 1.165) is 0 Å². The van der Waals surface area contributed by atoms with E-state index >= 15 is 0 Å². The third-order valence-corrected chi connectivity index (χ3v) is 1.28. The molecular formula is C5H13O5P. The molecule has 0 heterocycles. The van der Waals surface area contributed by atoms with Crippen LogP contribution in [0.1, 0.15) is 0 Å². The van der Waals surface area contributed by atoms with Gasteiger partial charge in [0.2, 0.25) is 0 Å². The average Bonchev–Trinajstić information content (AvgIpc) is 1.96. The molecule has 0 radical (unpaired) electrons. The molecule has 0 aliphatic carbocycles. The maximum Gasteiger partial charge on any atom is 0.327 e. The fourth-order valence-corrected chi connectivity index (χ4v) is 0.660. The average molecular weight is 184 g/mol. The van der Waals surface area contributed by atoms with Crippen molar-refractivity contribution in [2.24, 2.45) is 0 Å². The van der Waals surface area contributed by atoms with Crippen LogP contribution in [0.4, 0.5) is 0 Å². The first kappa shape index (κ1) is 11.2. The van der Waals surface area contributed by atoms with Gasteiger partial charge in [-0.2, -0.15) is 0 Å². The number of ether oxygens (including phenoxy) is 2. The lowest BCUT2D eigenvalue weighted by Gasteiger charge is -2.04. The van der Waals surface area contributed by atoms with E-state index in [4.69, 9.17) is 19.3 Å². The Hall–Kier alpha value is 0.230. The van der Waals surface area contributed by atoms with Crippen LogP contribution in [-0.2, 0) is 14.0 Å². The fraction of sp³-hybridized carbons (Fsp3) is 1.00. The molecule has 0 fully saturated rings. The van der Waals surface area contributed by atoms with Crippen molar-refractivity contribution < 1.29 is 23.8 Å². The first-order valence-corrected chi connectivity index (χ1v) is 4.31. The molecule has 0 saturated carbocycles. The highest BCUT2D eigenvalue weighted by Crippen LogP contribution is 2.23. The Labute approximate surface area is 66.9 Å². The van der Waals surface area contributed by atoms with Crippen molar-refractivity contribution in [1.82, 2.24) is 0 Å². The van der Waals surface area contributed by atoms with Gasteiger partial charge in [0.25, 0.3) is 0 Å². The van der Waals surface area contributed by atoms with E-state index in [0.29, 0.717) is 19.8 Å². The summed E-state index contributed by atoms with van der Waals surface area (Å²) in [6.07, 6.45) is 0. The molecule has 5 nitrogen and oxygen atoms in total. The fourth-order valence-electron chi connectivity index (χ4n) is 0.422. The Morgan fingerprint density at radius 1 is 1.09 bits per heavy atom. The summed E-state index contributed by atoms with van der Waals surface area (Å²) in [5, 5.41) is 0. The zero-order chi connectivity index (χ0) is 8.53. The van der Waals surface area contributed by atoms with E-state index in [-0.39, 0.29) is 6.61 Å². The summed E-state index contributed by atoms with van der Waals surface area (Å²) in [6.45, 7) is 1.58. The van der Waals surface area contributed by atoms with Gasteiger partial charge in [-0.05, 0) is 0 Å². The Morgan fingerprint density at radius 3 is 2.27 bits per heavy atom. The molecule has 2 N–H and O–H groups in total. The second-order valence-corrected chi connectivity index (χ2v) is 2.45. The highest BCUT2D eigenvalue weighted by atomic mass is 31.2. The van der Waals surface area contributed by atoms with Crippen LogP contribution in [0, 0.1) is 0 Å². The van der Waals surface area contributed by atoms with Crippen molar-refractivity contribution in [3.8, 4) is 0 Å². The topological polar surface area (TPSA) is 68.2 Å². The standard InChI is InChI=1S/C5H13O5P/c1-8-2-3-9-4-5-10-11(6)7/h6-7H,2-5H2,1H3. The monoisotopic (exact) mass is 184 g/mol. The van der Waals surface area contributed by atoms with Crippen LogP contribution in [-0.4, -0.2) is 43.3 Å². The number of hydrogen-bond acceptors (Lipinski definition) is 5. The van der Waals surface area contributed by atoms with Gasteiger partial charge < -0.3 is 23.8 Å². The summed E-state index contributed by atoms with van der Waals surface area (Å²) >= 11 is 0. The van der Waals surface area contributed by atoms with Crippen LogP contribution in [0.5, 0.6) is 0 Å². The van der Waals surface area contributed by atoms with Gasteiger partial charge in [-0.25, -0.2) is 0 Å². The van der Waals surface area contributed by atoms with Crippen molar-refractivity contribution in [1.29, 1.82) is 0 Å². The first-order chi connectivity index (χ1) is 5.27. The molecule has 0 aliphatic rings. The van der Waals surface area contributed by atoms with Crippen molar-refractivity contribution in [3.63, 3.8) is 0 Å². The van der Waals surface area contributed by atoms with Crippen molar-refractivity contribution in [2.45, 2.75) is 0 Å². The lowest BCUT2D eigenvalue weighted by molar-refractivity contribution is 0.0522. The maximum absolute atomic E-state index is 8.27. The molecule has 11 heavy (non-hydrogen) atoms. The Morgan fingerprint density at radius 2 is 1.73 bits per heavy atom. The minimum absolute atomic E-state index is 0.197. The molecule has 0 bridgehead atoms. The van der Waals surface area contributed by atoms with Crippen molar-refractivity contribution in [3.05, 3.63) is 0 Å². The molecule has 0 saturated heterocycles. The predicted molar refractivity (Wildman–Crippen MR) is 40.0 cm³/mol. The molecule has 0 aromatic heterocycles. The minimum Gasteiger partial charge on any atom is -0.382 e. The second kappa shape index (κ2) is 8.33. The molecule has 68 valence electrons. The van der Waals surface area contributed by atoms with E-state index < -0.39 is 8.60 Å². The normalized spacial score (nSPS) is 10.9. The first-order valence-electron chi connectivity index (χ1n) is 3.15. The molecule has 0 aromatic rings. The molecule has 0 unspecified atom stereocenters. The zero-order valence-corrected chi connectivity index (χ0v) is 7.29. The number of hydrogen-bond donors (Lipinski definition) is 2. The molecular weight excluding hydrogens is 171 g/mol. The van der Waals surface area contributed by atoms with Crippen LogP contribution >= 0.6 is 8.60 Å². The van der Waals surface area contributed by atoms with Crippen LogP contribution in [0.15, 0.2) is 0 Å². The summed E-state index contributed by atoms with van der Waals surface area (Å²) in [7, 11) is -0.652. The lowest BCUT2D eigenvalue weighted by Crippen LogP contribution is -2.06. The molecule has 0 amide bonds. The Bertz CT molecular complexity index is 79.3. The highest BCUT2D eigenvalue weighted by Gasteiger charge is 1.97. The van der Waals surface area contributed by atoms with E-state index in [1.807, 2.05) is 0 Å². The Kier molecular flexibility index (Phi) is 8.50. The molecule has 0 aliphatic heterocycles. The van der Waals surface area contributed by atoms with Gasteiger partial charge in [-0.3, -0.25) is 0 Å². The number of methoxy groups -OCH3 is 1. The van der Waals surface area contributed by atoms with Gasteiger partial charge in [0.1, 0.15) is 0 Å². The van der Waals surface area contributed by atoms with Crippen LogP contribution in [0.25, 0.3) is 0 Å². The zero-order valence-electron chi connectivity index (χ0n) is 6.39. The van der Waals surface area contributed by atoms with Gasteiger partial charge in [0.15, 0.2) is 0 Å². The molecule has 0 atom stereocenters. The maximum atomic E-state index is 8.27. The van der Waals surface area contributed by atoms with E-state index in [2.05, 4.69) is 4.52 Å². The SMILES string of the molecule is COCCOCCOP(O)O. The van der Waals surface area contributed by atoms with E-state index in [1.165, 1.54) is 0 Å². The van der Waals surface area contributed by atoms with Crippen LogP contribution in [0.3, 0.4) is 0 Å². The van der Waals surface area contributed by atoms with E-state index in [9.17, 15) is 0 Å². The van der Waals surface area contributed by atoms with Crippen LogP contribution in [0.2, 0.25) is 0 Å². The summed E-state index contributed by atoms with van der Waals surface area (Å²) in [5.74, 6) is 0. The number of rotatable bonds is 7.